The number of carbonyl (C=O) groups excluding carboxylic acids is 3. The molecule has 0 aromatic carbocycles. The first-order valence-electron chi connectivity index (χ1n) is 35.6. The highest BCUT2D eigenvalue weighted by atomic mass is 16.6. The Labute approximate surface area is 509 Å². The first-order chi connectivity index (χ1) is 40.5. The van der Waals surface area contributed by atoms with Crippen molar-refractivity contribution in [1.82, 2.24) is 0 Å². The minimum Gasteiger partial charge on any atom is -0.462 e. The second-order valence-corrected chi connectivity index (χ2v) is 23.7. The monoisotopic (exact) mass is 1140 g/mol. The van der Waals surface area contributed by atoms with Crippen LogP contribution < -0.4 is 0 Å². The number of hydrogen-bond donors (Lipinski definition) is 0. The van der Waals surface area contributed by atoms with Crippen LogP contribution in [0.25, 0.3) is 0 Å². The summed E-state index contributed by atoms with van der Waals surface area (Å²) in [5.74, 6) is -0.879. The molecule has 0 amide bonds. The van der Waals surface area contributed by atoms with Crippen LogP contribution in [0.5, 0.6) is 0 Å². The van der Waals surface area contributed by atoms with Crippen molar-refractivity contribution in [3.05, 3.63) is 85.1 Å². The van der Waals surface area contributed by atoms with Crippen LogP contribution in [-0.4, -0.2) is 37.2 Å². The van der Waals surface area contributed by atoms with Crippen LogP contribution in [0.4, 0.5) is 0 Å². The van der Waals surface area contributed by atoms with E-state index in [0.29, 0.717) is 19.3 Å². The third-order valence-electron chi connectivity index (χ3n) is 15.6. The summed E-state index contributed by atoms with van der Waals surface area (Å²) in [6.07, 6.45) is 93.3. The zero-order valence-electron chi connectivity index (χ0n) is 54.5. The average molecular weight is 1140 g/mol. The number of ether oxygens (including phenoxy) is 3. The van der Waals surface area contributed by atoms with Crippen LogP contribution in [0.2, 0.25) is 0 Å². The summed E-state index contributed by atoms with van der Waals surface area (Å²) in [4.78, 5) is 38.5. The zero-order valence-corrected chi connectivity index (χ0v) is 54.5. The molecule has 6 heteroatoms. The molecule has 0 heterocycles. The third-order valence-corrected chi connectivity index (χ3v) is 15.6. The molecule has 0 aliphatic heterocycles. The molecule has 0 aliphatic rings. The molecule has 0 bridgehead atoms. The topological polar surface area (TPSA) is 78.9 Å². The van der Waals surface area contributed by atoms with E-state index in [1.54, 1.807) is 0 Å². The SMILES string of the molecule is CC/C=C\C/C=C\C/C=C\C/C=C\CCCCCCCCCCC(=O)OC(COC(=O)CCCCCCCCC/C=C\C/C=C\C/C=C\CC)COC(=O)CCCCCCCCCCCCCCCCCCCCCCCCCCCC. The summed E-state index contributed by atoms with van der Waals surface area (Å²) in [7, 11) is 0. The molecule has 1 atom stereocenters. The average Bonchev–Trinajstić information content (AvgIpc) is 3.47. The quantitative estimate of drug-likeness (QED) is 0.0261. The molecule has 0 aromatic rings. The minimum atomic E-state index is -0.787. The van der Waals surface area contributed by atoms with Crippen LogP contribution in [0.1, 0.15) is 361 Å². The Hall–Kier alpha value is -3.41. The number of unbranched alkanes of at least 4 members (excludes halogenated alkanes) is 40. The maximum absolute atomic E-state index is 13.0. The molecule has 1 unspecified atom stereocenters. The highest BCUT2D eigenvalue weighted by Crippen LogP contribution is 2.18. The first kappa shape index (κ1) is 78.6. The summed E-state index contributed by atoms with van der Waals surface area (Å²) in [6.45, 7) is 6.46. The molecule has 0 N–H and O–H groups in total. The smallest absolute Gasteiger partial charge is 0.306 e. The van der Waals surface area contributed by atoms with Crippen molar-refractivity contribution in [2.45, 2.75) is 367 Å². The molecule has 474 valence electrons. The van der Waals surface area contributed by atoms with Gasteiger partial charge in [-0.1, -0.05) is 337 Å². The van der Waals surface area contributed by atoms with E-state index in [4.69, 9.17) is 14.2 Å². The van der Waals surface area contributed by atoms with Crippen molar-refractivity contribution in [3.63, 3.8) is 0 Å². The van der Waals surface area contributed by atoms with Crippen molar-refractivity contribution in [1.29, 1.82) is 0 Å². The summed E-state index contributed by atoms with van der Waals surface area (Å²) in [5, 5.41) is 0. The van der Waals surface area contributed by atoms with E-state index in [2.05, 4.69) is 106 Å². The van der Waals surface area contributed by atoms with Crippen LogP contribution in [0.3, 0.4) is 0 Å². The van der Waals surface area contributed by atoms with Crippen molar-refractivity contribution in [3.8, 4) is 0 Å². The molecule has 0 aromatic heterocycles. The Morgan fingerprint density at radius 1 is 0.256 bits per heavy atom. The van der Waals surface area contributed by atoms with Crippen molar-refractivity contribution in [2.24, 2.45) is 0 Å². The van der Waals surface area contributed by atoms with Crippen LogP contribution in [0.15, 0.2) is 85.1 Å². The Kier molecular flexibility index (Phi) is 67.2. The van der Waals surface area contributed by atoms with Gasteiger partial charge in [0.1, 0.15) is 13.2 Å². The number of rotatable bonds is 65. The fourth-order valence-electron chi connectivity index (χ4n) is 10.4. The molecular weight excluding hydrogens is 1010 g/mol. The fraction of sp³-hybridized carbons (Fsp3) is 0.776. The standard InChI is InChI=1S/C76H134O6/c1-4-7-10-13-16-19-22-25-28-31-33-35-36-37-38-39-41-42-45-48-51-54-57-60-63-66-69-75(78)81-72-73(71-80-74(77)68-65-62-59-56-53-50-47-44-30-27-24-21-18-15-12-9-6-3)82-76(79)70-67-64-61-58-55-52-49-46-43-40-34-32-29-26-23-20-17-14-11-8-5-2/h8-9,11-12,17-18,20-21,26-27,29-30,34,40,73H,4-7,10,13-16,19,22-25,28,31-33,35-39,41-72H2,1-3H3/b11-8-,12-9-,20-17-,21-18-,29-26-,30-27-,40-34-. The van der Waals surface area contributed by atoms with Gasteiger partial charge in [0.25, 0.3) is 0 Å². The van der Waals surface area contributed by atoms with Gasteiger partial charge in [-0.05, 0) is 89.9 Å². The van der Waals surface area contributed by atoms with Gasteiger partial charge in [-0.2, -0.15) is 0 Å². The number of allylic oxidation sites excluding steroid dienone is 14. The lowest BCUT2D eigenvalue weighted by Crippen LogP contribution is -2.30. The molecular formula is C76H134O6. The van der Waals surface area contributed by atoms with Gasteiger partial charge in [0.2, 0.25) is 0 Å². The van der Waals surface area contributed by atoms with Crippen molar-refractivity contribution in [2.75, 3.05) is 13.2 Å². The maximum Gasteiger partial charge on any atom is 0.306 e. The van der Waals surface area contributed by atoms with Crippen molar-refractivity contribution < 1.29 is 28.6 Å². The molecule has 82 heavy (non-hydrogen) atoms. The van der Waals surface area contributed by atoms with Crippen LogP contribution in [-0.2, 0) is 28.6 Å². The predicted octanol–water partition coefficient (Wildman–Crippen LogP) is 24.6. The summed E-state index contributed by atoms with van der Waals surface area (Å²) in [5.41, 5.74) is 0. The lowest BCUT2D eigenvalue weighted by molar-refractivity contribution is -0.167. The minimum absolute atomic E-state index is 0.0800. The molecule has 0 saturated heterocycles. The normalized spacial score (nSPS) is 12.6. The van der Waals surface area contributed by atoms with Gasteiger partial charge in [-0.25, -0.2) is 0 Å². The molecule has 0 rings (SSSR count). The third kappa shape index (κ3) is 67.4. The highest BCUT2D eigenvalue weighted by Gasteiger charge is 2.19. The number of hydrogen-bond acceptors (Lipinski definition) is 6. The molecule has 0 fully saturated rings. The summed E-state index contributed by atoms with van der Waals surface area (Å²) >= 11 is 0. The lowest BCUT2D eigenvalue weighted by atomic mass is 10.0. The van der Waals surface area contributed by atoms with Gasteiger partial charge in [0.05, 0.1) is 0 Å². The molecule has 0 radical (unpaired) electrons. The van der Waals surface area contributed by atoms with E-state index in [9.17, 15) is 14.4 Å². The summed E-state index contributed by atoms with van der Waals surface area (Å²) < 4.78 is 17.0. The number of carbonyl (C=O) groups is 3. The van der Waals surface area contributed by atoms with E-state index in [1.807, 2.05) is 0 Å². The fourth-order valence-corrected chi connectivity index (χ4v) is 10.4. The zero-order chi connectivity index (χ0) is 59.2. The van der Waals surface area contributed by atoms with E-state index in [-0.39, 0.29) is 31.1 Å². The van der Waals surface area contributed by atoms with Gasteiger partial charge in [-0.3, -0.25) is 14.4 Å². The van der Waals surface area contributed by atoms with Crippen molar-refractivity contribution >= 4 is 17.9 Å². The first-order valence-corrected chi connectivity index (χ1v) is 35.6. The Morgan fingerprint density at radius 2 is 0.476 bits per heavy atom. The highest BCUT2D eigenvalue weighted by molar-refractivity contribution is 5.71. The molecule has 0 aliphatic carbocycles. The van der Waals surface area contributed by atoms with Crippen LogP contribution >= 0.6 is 0 Å². The van der Waals surface area contributed by atoms with E-state index < -0.39 is 6.10 Å². The predicted molar refractivity (Wildman–Crippen MR) is 358 cm³/mol. The van der Waals surface area contributed by atoms with Gasteiger partial charge in [0, 0.05) is 19.3 Å². The van der Waals surface area contributed by atoms with Gasteiger partial charge in [-0.15, -0.1) is 0 Å². The number of esters is 3. The van der Waals surface area contributed by atoms with Gasteiger partial charge >= 0.3 is 17.9 Å². The Morgan fingerprint density at radius 3 is 0.744 bits per heavy atom. The lowest BCUT2D eigenvalue weighted by Gasteiger charge is -2.18. The second-order valence-electron chi connectivity index (χ2n) is 23.7. The Bertz CT molecular complexity index is 1550. The molecule has 0 spiro atoms. The molecule has 6 nitrogen and oxygen atoms in total. The Balaban J connectivity index is 4.32. The van der Waals surface area contributed by atoms with E-state index in [1.165, 1.54) is 205 Å². The molecule has 0 saturated carbocycles. The second kappa shape index (κ2) is 70.1. The summed E-state index contributed by atoms with van der Waals surface area (Å²) in [6, 6.07) is 0. The van der Waals surface area contributed by atoms with E-state index >= 15 is 0 Å². The van der Waals surface area contributed by atoms with Crippen LogP contribution in [0, 0.1) is 0 Å². The maximum atomic E-state index is 13.0. The largest absolute Gasteiger partial charge is 0.462 e. The van der Waals surface area contributed by atoms with Gasteiger partial charge in [0.15, 0.2) is 6.10 Å². The van der Waals surface area contributed by atoms with Gasteiger partial charge < -0.3 is 14.2 Å². The van der Waals surface area contributed by atoms with E-state index in [0.717, 1.165) is 116 Å².